The number of amides is 1. The third kappa shape index (κ3) is 2.52. The minimum Gasteiger partial charge on any atom is -0.369 e. The fraction of sp³-hybridized carbons (Fsp3) is 0.286. The van der Waals surface area contributed by atoms with Gasteiger partial charge in [-0.2, -0.15) is 0 Å². The predicted octanol–water partition coefficient (Wildman–Crippen LogP) is 1.76. The van der Waals surface area contributed by atoms with Crippen LogP contribution in [0.1, 0.15) is 17.7 Å². The summed E-state index contributed by atoms with van der Waals surface area (Å²) in [7, 11) is 0. The van der Waals surface area contributed by atoms with Gasteiger partial charge in [0.2, 0.25) is 5.91 Å². The minimum absolute atomic E-state index is 0. The summed E-state index contributed by atoms with van der Waals surface area (Å²) in [4.78, 5) is 11.7. The molecule has 1 heterocycles. The van der Waals surface area contributed by atoms with Crippen LogP contribution >= 0.6 is 23.7 Å². The topological polar surface area (TPSA) is 43.1 Å². The van der Waals surface area contributed by atoms with Gasteiger partial charge >= 0.3 is 0 Å². The van der Waals surface area contributed by atoms with Gasteiger partial charge in [-0.25, -0.2) is 0 Å². The predicted molar refractivity (Wildman–Crippen MR) is 49.2 cm³/mol. The van der Waals surface area contributed by atoms with Gasteiger partial charge in [-0.05, 0) is 18.4 Å². The lowest BCUT2D eigenvalue weighted by Gasteiger charge is -2.01. The third-order valence-electron chi connectivity index (χ3n) is 1.40. The summed E-state index contributed by atoms with van der Waals surface area (Å²) in [5.41, 5.74) is 5.09. The molecule has 0 fully saturated rings. The van der Waals surface area contributed by atoms with E-state index in [1.807, 2.05) is 24.4 Å². The van der Waals surface area contributed by atoms with Crippen molar-refractivity contribution in [2.24, 2.45) is 5.73 Å². The maximum Gasteiger partial charge on any atom is 0.225 e. The number of rotatable bonds is 2. The fourth-order valence-electron chi connectivity index (χ4n) is 0.678. The number of thiophene rings is 1. The van der Waals surface area contributed by atoms with Crippen molar-refractivity contribution >= 4 is 29.7 Å². The van der Waals surface area contributed by atoms with Crippen LogP contribution in [-0.2, 0) is 4.79 Å². The number of hydrogen-bond donors (Lipinski definition) is 1. The highest BCUT2D eigenvalue weighted by molar-refractivity contribution is 7.10. The van der Waals surface area contributed by atoms with Crippen molar-refractivity contribution in [1.82, 2.24) is 0 Å². The normalized spacial score (nSPS) is 11.7. The summed E-state index contributed by atoms with van der Waals surface area (Å²) in [5.74, 6) is -0.401. The zero-order chi connectivity index (χ0) is 7.56. The minimum atomic E-state index is -0.262. The van der Waals surface area contributed by atoms with E-state index in [0.717, 1.165) is 4.88 Å². The van der Waals surface area contributed by atoms with Crippen molar-refractivity contribution in [2.45, 2.75) is 12.8 Å². The largest absolute Gasteiger partial charge is 0.369 e. The van der Waals surface area contributed by atoms with E-state index < -0.39 is 0 Å². The molecule has 0 saturated heterocycles. The Hall–Kier alpha value is -0.540. The second-order valence-corrected chi connectivity index (χ2v) is 3.12. The van der Waals surface area contributed by atoms with Gasteiger partial charge in [0.1, 0.15) is 0 Å². The molecular formula is C7H10ClNOS. The Bertz CT molecular complexity index is 222. The number of halogens is 1. The van der Waals surface area contributed by atoms with Crippen LogP contribution in [0.15, 0.2) is 17.5 Å². The number of primary amides is 1. The van der Waals surface area contributed by atoms with Gasteiger partial charge in [0.15, 0.2) is 0 Å². The standard InChI is InChI=1S/C7H9NOS.ClH/c1-5(7(8)9)6-3-2-4-10-6;/h2-5H,1H3,(H2,8,9);1H. The molecule has 0 radical (unpaired) electrons. The van der Waals surface area contributed by atoms with E-state index >= 15 is 0 Å². The molecule has 1 unspecified atom stereocenters. The van der Waals surface area contributed by atoms with E-state index in [1.165, 1.54) is 0 Å². The molecule has 0 aromatic carbocycles. The van der Waals surface area contributed by atoms with Crippen LogP contribution < -0.4 is 5.73 Å². The van der Waals surface area contributed by atoms with Gasteiger partial charge in [0.25, 0.3) is 0 Å². The Kier molecular flexibility index (Phi) is 4.15. The zero-order valence-corrected chi connectivity index (χ0v) is 7.74. The summed E-state index contributed by atoms with van der Waals surface area (Å²) in [6.45, 7) is 1.81. The molecule has 1 rings (SSSR count). The van der Waals surface area contributed by atoms with E-state index in [4.69, 9.17) is 5.73 Å². The molecule has 0 aliphatic rings. The van der Waals surface area contributed by atoms with Crippen LogP contribution in [0.4, 0.5) is 0 Å². The zero-order valence-electron chi connectivity index (χ0n) is 6.11. The first-order valence-corrected chi connectivity index (χ1v) is 3.92. The highest BCUT2D eigenvalue weighted by Crippen LogP contribution is 2.19. The molecule has 0 aliphatic heterocycles. The van der Waals surface area contributed by atoms with Crippen LogP contribution in [0.5, 0.6) is 0 Å². The van der Waals surface area contributed by atoms with Crippen LogP contribution in [0.25, 0.3) is 0 Å². The second kappa shape index (κ2) is 4.36. The molecule has 1 amide bonds. The lowest BCUT2D eigenvalue weighted by molar-refractivity contribution is -0.119. The second-order valence-electron chi connectivity index (χ2n) is 2.14. The Morgan fingerprint density at radius 3 is 2.73 bits per heavy atom. The highest BCUT2D eigenvalue weighted by atomic mass is 35.5. The fourth-order valence-corrected chi connectivity index (χ4v) is 1.47. The van der Waals surface area contributed by atoms with Gasteiger partial charge < -0.3 is 5.73 Å². The van der Waals surface area contributed by atoms with Crippen LogP contribution in [0, 0.1) is 0 Å². The van der Waals surface area contributed by atoms with E-state index in [-0.39, 0.29) is 24.2 Å². The molecule has 0 saturated carbocycles. The van der Waals surface area contributed by atoms with Gasteiger partial charge in [-0.1, -0.05) is 6.07 Å². The summed E-state index contributed by atoms with van der Waals surface area (Å²) >= 11 is 1.56. The molecule has 2 nitrogen and oxygen atoms in total. The Balaban J connectivity index is 0.000001000. The van der Waals surface area contributed by atoms with Crippen LogP contribution in [0.3, 0.4) is 0 Å². The van der Waals surface area contributed by atoms with Gasteiger partial charge in [0, 0.05) is 4.88 Å². The van der Waals surface area contributed by atoms with Gasteiger partial charge in [0.05, 0.1) is 5.92 Å². The number of hydrogen-bond acceptors (Lipinski definition) is 2. The molecule has 2 N–H and O–H groups in total. The van der Waals surface area contributed by atoms with E-state index in [0.29, 0.717) is 0 Å². The van der Waals surface area contributed by atoms with E-state index in [9.17, 15) is 4.79 Å². The van der Waals surface area contributed by atoms with Crippen molar-refractivity contribution in [3.63, 3.8) is 0 Å². The smallest absolute Gasteiger partial charge is 0.225 e. The van der Waals surface area contributed by atoms with Crippen molar-refractivity contribution in [2.75, 3.05) is 0 Å². The Morgan fingerprint density at radius 2 is 2.36 bits per heavy atom. The highest BCUT2D eigenvalue weighted by Gasteiger charge is 2.11. The summed E-state index contributed by atoms with van der Waals surface area (Å²) < 4.78 is 0. The first-order chi connectivity index (χ1) is 4.72. The first-order valence-electron chi connectivity index (χ1n) is 3.04. The first kappa shape index (κ1) is 10.5. The van der Waals surface area contributed by atoms with Gasteiger partial charge in [-0.3, -0.25) is 4.79 Å². The third-order valence-corrected chi connectivity index (χ3v) is 2.45. The van der Waals surface area contributed by atoms with Crippen LogP contribution in [0.2, 0.25) is 0 Å². The molecular weight excluding hydrogens is 182 g/mol. The van der Waals surface area contributed by atoms with E-state index in [2.05, 4.69) is 0 Å². The molecule has 0 aliphatic carbocycles. The van der Waals surface area contributed by atoms with Crippen molar-refractivity contribution in [1.29, 1.82) is 0 Å². The van der Waals surface area contributed by atoms with Gasteiger partial charge in [-0.15, -0.1) is 23.7 Å². The number of carbonyl (C=O) groups is 1. The molecule has 11 heavy (non-hydrogen) atoms. The molecule has 1 aromatic heterocycles. The molecule has 0 bridgehead atoms. The molecule has 0 spiro atoms. The average molecular weight is 192 g/mol. The lowest BCUT2D eigenvalue weighted by atomic mass is 10.1. The van der Waals surface area contributed by atoms with E-state index in [1.54, 1.807) is 11.3 Å². The number of nitrogens with two attached hydrogens (primary N) is 1. The Morgan fingerprint density at radius 1 is 1.73 bits per heavy atom. The van der Waals surface area contributed by atoms with Crippen molar-refractivity contribution in [3.8, 4) is 0 Å². The average Bonchev–Trinajstić information content (AvgIpc) is 2.36. The molecule has 1 atom stereocenters. The quantitative estimate of drug-likeness (QED) is 0.761. The maximum atomic E-state index is 10.6. The summed E-state index contributed by atoms with van der Waals surface area (Å²) in [6, 6.07) is 3.83. The molecule has 4 heteroatoms. The lowest BCUT2D eigenvalue weighted by Crippen LogP contribution is -2.17. The number of carbonyl (C=O) groups excluding carboxylic acids is 1. The van der Waals surface area contributed by atoms with Crippen molar-refractivity contribution < 1.29 is 4.79 Å². The monoisotopic (exact) mass is 191 g/mol. The SMILES string of the molecule is CC(C(N)=O)c1cccs1.Cl. The van der Waals surface area contributed by atoms with Crippen molar-refractivity contribution in [3.05, 3.63) is 22.4 Å². The molecule has 62 valence electrons. The molecule has 1 aromatic rings. The Labute approximate surface area is 75.8 Å². The van der Waals surface area contributed by atoms with Crippen LogP contribution in [-0.4, -0.2) is 5.91 Å². The summed E-state index contributed by atoms with van der Waals surface area (Å²) in [5, 5.41) is 1.94. The summed E-state index contributed by atoms with van der Waals surface area (Å²) in [6.07, 6.45) is 0. The maximum absolute atomic E-state index is 10.6.